The zero-order chi connectivity index (χ0) is 14.5. The van der Waals surface area contributed by atoms with Crippen molar-refractivity contribution in [1.82, 2.24) is 14.8 Å². The van der Waals surface area contributed by atoms with Crippen LogP contribution >= 0.6 is 11.8 Å². The lowest BCUT2D eigenvalue weighted by atomic mass is 10.2. The van der Waals surface area contributed by atoms with Crippen LogP contribution < -0.4 is 4.74 Å². The van der Waals surface area contributed by atoms with Crippen molar-refractivity contribution in [2.24, 2.45) is 7.05 Å². The molecular weight excluding hydrogens is 278 g/mol. The number of carboxylic acids is 1. The van der Waals surface area contributed by atoms with Gasteiger partial charge in [0.15, 0.2) is 11.0 Å². The average molecular weight is 293 g/mol. The van der Waals surface area contributed by atoms with Gasteiger partial charge >= 0.3 is 5.97 Å². The fourth-order valence-corrected chi connectivity index (χ4v) is 2.37. The van der Waals surface area contributed by atoms with Crippen LogP contribution in [0.5, 0.6) is 5.75 Å². The van der Waals surface area contributed by atoms with Gasteiger partial charge in [-0.05, 0) is 19.1 Å². The van der Waals surface area contributed by atoms with Gasteiger partial charge in [-0.15, -0.1) is 10.2 Å². The number of carbonyl (C=O) groups is 1. The van der Waals surface area contributed by atoms with E-state index in [1.807, 2.05) is 38.2 Å². The average Bonchev–Trinajstić information content (AvgIpc) is 2.79. The molecule has 20 heavy (non-hydrogen) atoms. The Hall–Kier alpha value is -2.02. The minimum atomic E-state index is -0.880. The number of nitrogens with zero attached hydrogens (tertiary/aromatic N) is 3. The summed E-state index contributed by atoms with van der Waals surface area (Å²) in [4.78, 5) is 10.6. The second-order valence-electron chi connectivity index (χ2n) is 3.98. The van der Waals surface area contributed by atoms with Crippen molar-refractivity contribution in [2.75, 3.05) is 12.4 Å². The third kappa shape index (κ3) is 3.11. The first-order valence-electron chi connectivity index (χ1n) is 6.09. The van der Waals surface area contributed by atoms with Crippen LogP contribution in [0.15, 0.2) is 29.4 Å². The van der Waals surface area contributed by atoms with Crippen LogP contribution in [-0.2, 0) is 11.8 Å². The molecule has 0 saturated carbocycles. The van der Waals surface area contributed by atoms with Gasteiger partial charge in [0.2, 0.25) is 0 Å². The van der Waals surface area contributed by atoms with E-state index >= 15 is 0 Å². The first kappa shape index (κ1) is 14.4. The quantitative estimate of drug-likeness (QED) is 0.821. The molecule has 0 atom stereocenters. The molecule has 0 amide bonds. The van der Waals surface area contributed by atoms with Gasteiger partial charge < -0.3 is 14.4 Å². The Morgan fingerprint density at radius 2 is 2.15 bits per heavy atom. The molecule has 0 radical (unpaired) electrons. The highest BCUT2D eigenvalue weighted by molar-refractivity contribution is 7.99. The predicted molar refractivity (Wildman–Crippen MR) is 76.0 cm³/mol. The van der Waals surface area contributed by atoms with Gasteiger partial charge in [0.25, 0.3) is 0 Å². The summed E-state index contributed by atoms with van der Waals surface area (Å²) >= 11 is 1.14. The molecular formula is C13H15N3O3S. The van der Waals surface area contributed by atoms with Gasteiger partial charge in [0.1, 0.15) is 5.75 Å². The van der Waals surface area contributed by atoms with Gasteiger partial charge in [0.05, 0.1) is 17.9 Å². The van der Waals surface area contributed by atoms with Gasteiger partial charge in [-0.2, -0.15) is 0 Å². The Morgan fingerprint density at radius 1 is 1.40 bits per heavy atom. The Bertz CT molecular complexity index is 613. The Kier molecular flexibility index (Phi) is 4.62. The predicted octanol–water partition coefficient (Wildman–Crippen LogP) is 2.06. The minimum absolute atomic E-state index is 0.0426. The smallest absolute Gasteiger partial charge is 0.313 e. The lowest BCUT2D eigenvalue weighted by molar-refractivity contribution is -0.133. The maximum atomic E-state index is 10.6. The number of benzene rings is 1. The van der Waals surface area contributed by atoms with E-state index in [4.69, 9.17) is 9.84 Å². The van der Waals surface area contributed by atoms with Crippen molar-refractivity contribution in [1.29, 1.82) is 0 Å². The van der Waals surface area contributed by atoms with Crippen molar-refractivity contribution in [3.8, 4) is 17.1 Å². The zero-order valence-corrected chi connectivity index (χ0v) is 12.1. The topological polar surface area (TPSA) is 77.2 Å². The summed E-state index contributed by atoms with van der Waals surface area (Å²) in [5, 5.41) is 17.4. The molecule has 106 valence electrons. The van der Waals surface area contributed by atoms with Crippen molar-refractivity contribution in [3.05, 3.63) is 24.3 Å². The lowest BCUT2D eigenvalue weighted by Crippen LogP contribution is -2.01. The van der Waals surface area contributed by atoms with Crippen LogP contribution in [0.2, 0.25) is 0 Å². The first-order valence-corrected chi connectivity index (χ1v) is 7.08. The molecule has 0 bridgehead atoms. The SMILES string of the molecule is CCOc1ccccc1-c1nnc(SCC(=O)O)n1C. The van der Waals surface area contributed by atoms with Crippen LogP contribution in [0.4, 0.5) is 0 Å². The molecule has 0 fully saturated rings. The molecule has 0 saturated heterocycles. The summed E-state index contributed by atoms with van der Waals surface area (Å²) in [7, 11) is 1.81. The number of aliphatic carboxylic acids is 1. The van der Waals surface area contributed by atoms with Crippen LogP contribution in [0.25, 0.3) is 11.4 Å². The second-order valence-corrected chi connectivity index (χ2v) is 4.92. The van der Waals surface area contributed by atoms with E-state index in [-0.39, 0.29) is 5.75 Å². The molecule has 1 aromatic heterocycles. The number of rotatable bonds is 6. The number of hydrogen-bond donors (Lipinski definition) is 1. The highest BCUT2D eigenvalue weighted by Crippen LogP contribution is 2.30. The van der Waals surface area contributed by atoms with Crippen molar-refractivity contribution in [3.63, 3.8) is 0 Å². The summed E-state index contributed by atoms with van der Waals surface area (Å²) in [5.74, 6) is 0.468. The second kappa shape index (κ2) is 6.42. The van der Waals surface area contributed by atoms with Crippen molar-refractivity contribution >= 4 is 17.7 Å². The van der Waals surface area contributed by atoms with E-state index in [9.17, 15) is 4.79 Å². The minimum Gasteiger partial charge on any atom is -0.493 e. The highest BCUT2D eigenvalue weighted by Gasteiger charge is 2.15. The summed E-state index contributed by atoms with van der Waals surface area (Å²) in [6.45, 7) is 2.48. The number of aromatic nitrogens is 3. The summed E-state index contributed by atoms with van der Waals surface area (Å²) < 4.78 is 7.34. The van der Waals surface area contributed by atoms with E-state index in [1.165, 1.54) is 0 Å². The van der Waals surface area contributed by atoms with Crippen LogP contribution in [0.1, 0.15) is 6.92 Å². The molecule has 6 nitrogen and oxygen atoms in total. The van der Waals surface area contributed by atoms with Gasteiger partial charge in [-0.3, -0.25) is 4.79 Å². The number of para-hydroxylation sites is 1. The molecule has 1 aromatic carbocycles. The van der Waals surface area contributed by atoms with Crippen molar-refractivity contribution in [2.45, 2.75) is 12.1 Å². The molecule has 0 aliphatic rings. The molecule has 1 heterocycles. The fourth-order valence-electron chi connectivity index (χ4n) is 1.73. The van der Waals surface area contributed by atoms with E-state index in [0.29, 0.717) is 17.6 Å². The van der Waals surface area contributed by atoms with Crippen LogP contribution in [-0.4, -0.2) is 38.2 Å². The number of thioether (sulfide) groups is 1. The molecule has 0 aliphatic heterocycles. The van der Waals surface area contributed by atoms with E-state index in [0.717, 1.165) is 23.1 Å². The van der Waals surface area contributed by atoms with Crippen LogP contribution in [0.3, 0.4) is 0 Å². The lowest BCUT2D eigenvalue weighted by Gasteiger charge is -2.09. The van der Waals surface area contributed by atoms with Crippen LogP contribution in [0, 0.1) is 0 Å². The summed E-state index contributed by atoms with van der Waals surface area (Å²) in [6, 6.07) is 7.57. The maximum Gasteiger partial charge on any atom is 0.313 e. The number of carboxylic acid groups (broad SMARTS) is 1. The molecule has 2 aromatic rings. The Labute approximate surface area is 120 Å². The molecule has 2 rings (SSSR count). The monoisotopic (exact) mass is 293 g/mol. The van der Waals surface area contributed by atoms with Crippen molar-refractivity contribution < 1.29 is 14.6 Å². The summed E-state index contributed by atoms with van der Waals surface area (Å²) in [6.07, 6.45) is 0. The highest BCUT2D eigenvalue weighted by atomic mass is 32.2. The molecule has 1 N–H and O–H groups in total. The fraction of sp³-hybridized carbons (Fsp3) is 0.308. The molecule has 0 unspecified atom stereocenters. The third-order valence-electron chi connectivity index (χ3n) is 2.59. The van der Waals surface area contributed by atoms with E-state index in [1.54, 1.807) is 4.57 Å². The van der Waals surface area contributed by atoms with E-state index < -0.39 is 5.97 Å². The number of ether oxygens (including phenoxy) is 1. The summed E-state index contributed by atoms with van der Waals surface area (Å²) in [5.41, 5.74) is 0.839. The third-order valence-corrected chi connectivity index (χ3v) is 3.59. The Morgan fingerprint density at radius 3 is 2.85 bits per heavy atom. The maximum absolute atomic E-state index is 10.6. The first-order chi connectivity index (χ1) is 9.63. The largest absolute Gasteiger partial charge is 0.493 e. The van der Waals surface area contributed by atoms with Gasteiger partial charge in [0, 0.05) is 7.05 Å². The Balaban J connectivity index is 2.32. The van der Waals surface area contributed by atoms with E-state index in [2.05, 4.69) is 10.2 Å². The number of hydrogen-bond acceptors (Lipinski definition) is 5. The standard InChI is InChI=1S/C13H15N3O3S/c1-3-19-10-7-5-4-6-9(10)12-14-15-13(16(12)2)20-8-11(17)18/h4-7H,3,8H2,1-2H3,(H,17,18). The molecule has 7 heteroatoms. The van der Waals surface area contributed by atoms with Gasteiger partial charge in [-0.25, -0.2) is 0 Å². The normalized spacial score (nSPS) is 10.5. The molecule has 0 spiro atoms. The zero-order valence-electron chi connectivity index (χ0n) is 11.2. The van der Waals surface area contributed by atoms with Gasteiger partial charge in [-0.1, -0.05) is 23.9 Å². The molecule has 0 aliphatic carbocycles.